The van der Waals surface area contributed by atoms with Crippen LogP contribution >= 0.6 is 0 Å². The standard InChI is InChI=1S/C9H18N2O2Si/c1-5-14(6-2,7-3)8(11-10)9(12)13-4/h5-7H2,1-4H3/p+1. The smallest absolute Gasteiger partial charge is 0.403 e. The summed E-state index contributed by atoms with van der Waals surface area (Å²) in [4.78, 5) is 3.21. The summed E-state index contributed by atoms with van der Waals surface area (Å²) in [5.74, 6) is -0.232. The van der Waals surface area contributed by atoms with Gasteiger partial charge in [0, 0.05) is 0 Å². The lowest BCUT2D eigenvalue weighted by molar-refractivity contribution is 0.134. The normalized spacial score (nSPS) is 13.1. The molecule has 0 aliphatic rings. The van der Waals surface area contributed by atoms with E-state index >= 15 is 0 Å². The second-order valence-electron chi connectivity index (χ2n) is 3.30. The van der Waals surface area contributed by atoms with Gasteiger partial charge in [-0.2, -0.15) is 0 Å². The Labute approximate surface area is 86.2 Å². The highest BCUT2D eigenvalue weighted by Crippen LogP contribution is 2.31. The van der Waals surface area contributed by atoms with Crippen molar-refractivity contribution in [3.63, 3.8) is 0 Å². The molecule has 0 amide bonds. The van der Waals surface area contributed by atoms with Crippen molar-refractivity contribution in [3.05, 3.63) is 16.2 Å². The zero-order valence-electron chi connectivity index (χ0n) is 9.37. The Kier molecular flexibility index (Phi) is 5.24. The SMILES string of the molecule is CC[Si](CC)(CC)C([N+]#N)=C(O)OC. The fourth-order valence-corrected chi connectivity index (χ4v) is 5.00. The van der Waals surface area contributed by atoms with Crippen molar-refractivity contribution in [2.24, 2.45) is 0 Å². The summed E-state index contributed by atoms with van der Waals surface area (Å²) in [7, 11) is -0.467. The van der Waals surface area contributed by atoms with Gasteiger partial charge in [-0.25, -0.2) is 0 Å². The minimum atomic E-state index is -1.84. The molecule has 0 saturated heterocycles. The van der Waals surface area contributed by atoms with Crippen molar-refractivity contribution in [2.45, 2.75) is 38.9 Å². The van der Waals surface area contributed by atoms with Gasteiger partial charge >= 0.3 is 11.3 Å². The summed E-state index contributed by atoms with van der Waals surface area (Å²) in [6, 6.07) is 2.81. The molecule has 0 radical (unpaired) electrons. The number of nitrogens with zero attached hydrogens (tertiary/aromatic N) is 2. The van der Waals surface area contributed by atoms with E-state index in [9.17, 15) is 5.11 Å². The molecule has 0 aromatic heterocycles. The maximum absolute atomic E-state index is 9.49. The Hall–Kier alpha value is -1.02. The van der Waals surface area contributed by atoms with Gasteiger partial charge in [-0.05, 0) is 18.1 Å². The third kappa shape index (κ3) is 2.26. The van der Waals surface area contributed by atoms with Gasteiger partial charge in [0.1, 0.15) is 0 Å². The van der Waals surface area contributed by atoms with Crippen molar-refractivity contribution in [1.82, 2.24) is 0 Å². The molecule has 0 heterocycles. The number of rotatable bonds is 5. The zero-order chi connectivity index (χ0) is 11.2. The summed E-state index contributed by atoms with van der Waals surface area (Å²) in [5, 5.41) is 18.8. The first-order chi connectivity index (χ1) is 6.61. The summed E-state index contributed by atoms with van der Waals surface area (Å²) >= 11 is 0. The van der Waals surface area contributed by atoms with Crippen LogP contribution in [-0.2, 0) is 4.74 Å². The molecule has 80 valence electrons. The number of aliphatic hydroxyl groups is 1. The lowest BCUT2D eigenvalue weighted by Gasteiger charge is -2.18. The van der Waals surface area contributed by atoms with E-state index in [2.05, 4.69) is 25.7 Å². The van der Waals surface area contributed by atoms with Gasteiger partial charge in [-0.3, -0.25) is 0 Å². The van der Waals surface area contributed by atoms with Gasteiger partial charge in [-0.1, -0.05) is 20.8 Å². The van der Waals surface area contributed by atoms with E-state index in [1.807, 2.05) is 0 Å². The van der Waals surface area contributed by atoms with Crippen LogP contribution in [0.1, 0.15) is 20.8 Å². The summed E-state index contributed by atoms with van der Waals surface area (Å²) in [5.41, 5.74) is 0. The Balaban J connectivity index is 5.28. The van der Waals surface area contributed by atoms with Crippen molar-refractivity contribution >= 4 is 8.07 Å². The first-order valence-electron chi connectivity index (χ1n) is 4.94. The molecule has 0 bridgehead atoms. The van der Waals surface area contributed by atoms with Gasteiger partial charge < -0.3 is 9.84 Å². The Morgan fingerprint density at radius 2 is 1.71 bits per heavy atom. The minimum absolute atomic E-state index is 0.232. The topological polar surface area (TPSA) is 57.6 Å². The third-order valence-corrected chi connectivity index (χ3v) is 8.41. The Bertz CT molecular complexity index is 246. The molecular formula is C9H19N2O2Si+. The molecule has 0 atom stereocenters. The predicted octanol–water partition coefficient (Wildman–Crippen LogP) is 3.26. The number of hydrogen-bond acceptors (Lipinski definition) is 3. The van der Waals surface area contributed by atoms with Crippen LogP contribution in [0.4, 0.5) is 0 Å². The molecule has 14 heavy (non-hydrogen) atoms. The lowest BCUT2D eigenvalue weighted by atomic mass is 10.9. The van der Waals surface area contributed by atoms with E-state index in [0.29, 0.717) is 5.32 Å². The van der Waals surface area contributed by atoms with E-state index in [0.717, 1.165) is 18.1 Å². The monoisotopic (exact) mass is 215 g/mol. The van der Waals surface area contributed by atoms with Crippen LogP contribution in [0.25, 0.3) is 4.98 Å². The fraction of sp³-hybridized carbons (Fsp3) is 0.778. The van der Waals surface area contributed by atoms with E-state index in [-0.39, 0.29) is 5.95 Å². The molecule has 0 saturated carbocycles. The largest absolute Gasteiger partial charge is 0.476 e. The quantitative estimate of drug-likeness (QED) is 0.435. The first kappa shape index (κ1) is 13.0. The van der Waals surface area contributed by atoms with Crippen LogP contribution < -0.4 is 0 Å². The molecule has 0 aliphatic carbocycles. The average molecular weight is 215 g/mol. The second kappa shape index (κ2) is 5.65. The van der Waals surface area contributed by atoms with Crippen LogP contribution in [0, 0.1) is 5.39 Å². The molecule has 1 N–H and O–H groups in total. The van der Waals surface area contributed by atoms with Crippen LogP contribution in [0.5, 0.6) is 0 Å². The van der Waals surface area contributed by atoms with E-state index in [1.54, 1.807) is 0 Å². The van der Waals surface area contributed by atoms with Gasteiger partial charge in [0.05, 0.1) is 7.11 Å². The predicted molar refractivity (Wildman–Crippen MR) is 58.9 cm³/mol. The summed E-state index contributed by atoms with van der Waals surface area (Å²) < 4.78 is 4.73. The van der Waals surface area contributed by atoms with Crippen molar-refractivity contribution in [2.75, 3.05) is 7.11 Å². The molecule has 0 rings (SSSR count). The van der Waals surface area contributed by atoms with E-state index in [4.69, 9.17) is 10.1 Å². The van der Waals surface area contributed by atoms with Gasteiger partial charge in [0.2, 0.25) is 13.5 Å². The van der Waals surface area contributed by atoms with Gasteiger partial charge in [0.25, 0.3) is 0 Å². The number of aliphatic hydroxyl groups excluding tert-OH is 1. The number of methoxy groups -OCH3 is 1. The van der Waals surface area contributed by atoms with Gasteiger partial charge in [-0.15, -0.1) is 0 Å². The van der Waals surface area contributed by atoms with Crippen molar-refractivity contribution in [3.8, 4) is 0 Å². The van der Waals surface area contributed by atoms with Crippen LogP contribution in [-0.4, -0.2) is 20.3 Å². The molecule has 4 nitrogen and oxygen atoms in total. The first-order valence-corrected chi connectivity index (χ1v) is 7.56. The second-order valence-corrected chi connectivity index (χ2v) is 8.45. The van der Waals surface area contributed by atoms with E-state index < -0.39 is 8.07 Å². The summed E-state index contributed by atoms with van der Waals surface area (Å²) in [6.45, 7) is 6.19. The van der Waals surface area contributed by atoms with Crippen molar-refractivity contribution in [1.29, 1.82) is 5.39 Å². The van der Waals surface area contributed by atoms with Crippen LogP contribution in [0.2, 0.25) is 18.1 Å². The van der Waals surface area contributed by atoms with Crippen LogP contribution in [0.15, 0.2) is 11.3 Å². The highest BCUT2D eigenvalue weighted by molar-refractivity contribution is 6.86. The molecule has 0 spiro atoms. The van der Waals surface area contributed by atoms with Gasteiger partial charge in [0.15, 0.2) is 4.98 Å². The molecule has 0 aromatic rings. The van der Waals surface area contributed by atoms with Crippen LogP contribution in [0.3, 0.4) is 0 Å². The zero-order valence-corrected chi connectivity index (χ0v) is 10.4. The summed E-state index contributed by atoms with van der Waals surface area (Å²) in [6.07, 6.45) is 0. The maximum Gasteiger partial charge on any atom is 0.403 e. The number of hydrogen-bond donors (Lipinski definition) is 1. The maximum atomic E-state index is 9.49. The highest BCUT2D eigenvalue weighted by Gasteiger charge is 2.46. The van der Waals surface area contributed by atoms with Crippen molar-refractivity contribution < 1.29 is 9.84 Å². The van der Waals surface area contributed by atoms with E-state index in [1.165, 1.54) is 7.11 Å². The number of diazo groups is 1. The third-order valence-electron chi connectivity index (χ3n) is 3.03. The highest BCUT2D eigenvalue weighted by atomic mass is 28.3. The average Bonchev–Trinajstić information content (AvgIpc) is 2.25. The minimum Gasteiger partial charge on any atom is -0.476 e. The molecule has 5 heteroatoms. The molecule has 0 fully saturated rings. The number of ether oxygens (including phenoxy) is 1. The molecule has 0 aromatic carbocycles. The fourth-order valence-electron chi connectivity index (χ4n) is 1.72. The molecular weight excluding hydrogens is 196 g/mol. The molecule has 0 unspecified atom stereocenters. The molecule has 0 aliphatic heterocycles. The lowest BCUT2D eigenvalue weighted by Crippen LogP contribution is -2.34. The Morgan fingerprint density at radius 3 is 1.93 bits per heavy atom. The Morgan fingerprint density at radius 1 is 1.29 bits per heavy atom.